The Bertz CT molecular complexity index is 1310. The predicted molar refractivity (Wildman–Crippen MR) is 139 cm³/mol. The summed E-state index contributed by atoms with van der Waals surface area (Å²) in [6, 6.07) is 29.6. The van der Waals surface area contributed by atoms with Crippen molar-refractivity contribution in [2.75, 3.05) is 0 Å². The summed E-state index contributed by atoms with van der Waals surface area (Å²) in [6.07, 6.45) is 6.71. The van der Waals surface area contributed by atoms with Crippen molar-refractivity contribution in [1.82, 2.24) is 4.57 Å². The molecule has 2 N–H and O–H groups in total. The van der Waals surface area contributed by atoms with Crippen LogP contribution in [0.3, 0.4) is 0 Å². The standard InChI is InChI=1S/C31H31N3O2/c1-23-33(22-29(35)24-11-5-2-6-12-24)19-20-34(23)28-18-17-27(21-28)31(30(32)36,25-13-7-3-8-14-25)26-15-9-4-10-16-26/h2-16,19-20,27-28H,17-18,21-22H2,1H3,(H-,32,36)/p+1/t27-,28-/m1/s1. The quantitative estimate of drug-likeness (QED) is 0.293. The van der Waals surface area contributed by atoms with Crippen LogP contribution in [0.4, 0.5) is 0 Å². The molecule has 3 aromatic carbocycles. The summed E-state index contributed by atoms with van der Waals surface area (Å²) in [7, 11) is 0. The van der Waals surface area contributed by atoms with Crippen molar-refractivity contribution in [2.24, 2.45) is 11.7 Å². The smallest absolute Gasteiger partial charge is 0.253 e. The van der Waals surface area contributed by atoms with E-state index in [1.54, 1.807) is 0 Å². The molecule has 0 radical (unpaired) electrons. The highest BCUT2D eigenvalue weighted by Gasteiger charge is 2.51. The fourth-order valence-electron chi connectivity index (χ4n) is 6.07. The lowest BCUT2D eigenvalue weighted by Crippen LogP contribution is -2.47. The van der Waals surface area contributed by atoms with Crippen LogP contribution in [-0.4, -0.2) is 16.3 Å². The minimum atomic E-state index is -0.891. The summed E-state index contributed by atoms with van der Waals surface area (Å²) in [6.45, 7) is 2.36. The maximum Gasteiger partial charge on any atom is 0.253 e. The first-order valence-corrected chi connectivity index (χ1v) is 12.6. The predicted octanol–water partition coefficient (Wildman–Crippen LogP) is 4.78. The van der Waals surface area contributed by atoms with Crippen molar-refractivity contribution in [3.05, 3.63) is 126 Å². The third-order valence-corrected chi connectivity index (χ3v) is 7.86. The highest BCUT2D eigenvalue weighted by atomic mass is 16.1. The minimum absolute atomic E-state index is 0.0611. The number of benzene rings is 3. The van der Waals surface area contributed by atoms with Crippen molar-refractivity contribution in [3.63, 3.8) is 0 Å². The Morgan fingerprint density at radius 3 is 2.00 bits per heavy atom. The molecule has 1 amide bonds. The molecule has 182 valence electrons. The van der Waals surface area contributed by atoms with E-state index >= 15 is 0 Å². The normalized spacial score (nSPS) is 17.7. The number of Topliss-reactive ketones (excluding diaryl/α,β-unsaturated/α-hetero) is 1. The van der Waals surface area contributed by atoms with Gasteiger partial charge in [0.1, 0.15) is 23.9 Å². The zero-order valence-corrected chi connectivity index (χ0v) is 20.6. The molecule has 4 aromatic rings. The Hall–Kier alpha value is -3.99. The molecule has 1 aliphatic carbocycles. The largest absolute Gasteiger partial charge is 0.369 e. The number of hydrogen-bond acceptors (Lipinski definition) is 2. The Morgan fingerprint density at radius 1 is 0.889 bits per heavy atom. The van der Waals surface area contributed by atoms with E-state index in [1.807, 2.05) is 102 Å². The lowest BCUT2D eigenvalue weighted by atomic mass is 9.64. The molecule has 5 nitrogen and oxygen atoms in total. The van der Waals surface area contributed by atoms with Crippen LogP contribution in [0.1, 0.15) is 52.6 Å². The van der Waals surface area contributed by atoms with Gasteiger partial charge in [-0.25, -0.2) is 9.13 Å². The molecule has 5 heteroatoms. The number of rotatable bonds is 8. The lowest BCUT2D eigenvalue weighted by molar-refractivity contribution is -0.689. The van der Waals surface area contributed by atoms with Gasteiger partial charge < -0.3 is 5.73 Å². The van der Waals surface area contributed by atoms with Crippen LogP contribution in [0, 0.1) is 12.8 Å². The Labute approximate surface area is 212 Å². The molecule has 0 bridgehead atoms. The van der Waals surface area contributed by atoms with Gasteiger partial charge >= 0.3 is 0 Å². The highest BCUT2D eigenvalue weighted by molar-refractivity contribution is 5.95. The number of nitrogens with zero attached hydrogens (tertiary/aromatic N) is 2. The molecule has 0 aliphatic heterocycles. The van der Waals surface area contributed by atoms with Crippen LogP contribution < -0.4 is 10.3 Å². The minimum Gasteiger partial charge on any atom is -0.369 e. The van der Waals surface area contributed by atoms with Gasteiger partial charge in [-0.1, -0.05) is 91.0 Å². The number of primary amides is 1. The fourth-order valence-corrected chi connectivity index (χ4v) is 6.07. The van der Waals surface area contributed by atoms with Gasteiger partial charge in [-0.05, 0) is 36.3 Å². The average Bonchev–Trinajstić information content (AvgIpc) is 3.53. The summed E-state index contributed by atoms with van der Waals surface area (Å²) >= 11 is 0. The third kappa shape index (κ3) is 4.15. The van der Waals surface area contributed by atoms with E-state index in [2.05, 4.69) is 17.7 Å². The summed E-state index contributed by atoms with van der Waals surface area (Å²) in [5.74, 6) is 0.880. The SMILES string of the molecule is Cc1n([C@@H]2CC[C@@H](C(C(N)=O)(c3ccccc3)c3ccccc3)C2)cc[n+]1CC(=O)c1ccccc1. The van der Waals surface area contributed by atoms with Crippen LogP contribution in [0.5, 0.6) is 0 Å². The van der Waals surface area contributed by atoms with E-state index in [4.69, 9.17) is 5.73 Å². The molecule has 1 saturated carbocycles. The lowest BCUT2D eigenvalue weighted by Gasteiger charge is -2.37. The fraction of sp³-hybridized carbons (Fsp3) is 0.258. The van der Waals surface area contributed by atoms with Crippen molar-refractivity contribution in [3.8, 4) is 0 Å². The van der Waals surface area contributed by atoms with E-state index in [0.29, 0.717) is 6.54 Å². The van der Waals surface area contributed by atoms with E-state index < -0.39 is 5.41 Å². The average molecular weight is 479 g/mol. The van der Waals surface area contributed by atoms with Gasteiger partial charge in [0, 0.05) is 12.5 Å². The molecular weight excluding hydrogens is 446 g/mol. The second kappa shape index (κ2) is 9.94. The van der Waals surface area contributed by atoms with E-state index in [0.717, 1.165) is 41.8 Å². The summed E-state index contributed by atoms with van der Waals surface area (Å²) in [4.78, 5) is 26.1. The van der Waals surface area contributed by atoms with Crippen LogP contribution in [0.2, 0.25) is 0 Å². The molecule has 0 unspecified atom stereocenters. The van der Waals surface area contributed by atoms with Crippen molar-refractivity contribution in [1.29, 1.82) is 0 Å². The number of carbonyl (C=O) groups is 2. The first-order chi connectivity index (χ1) is 17.5. The second-order valence-electron chi connectivity index (χ2n) is 9.74. The van der Waals surface area contributed by atoms with Gasteiger partial charge in [0.15, 0.2) is 6.54 Å². The zero-order valence-electron chi connectivity index (χ0n) is 20.6. The van der Waals surface area contributed by atoms with Crippen LogP contribution in [0.15, 0.2) is 103 Å². The number of aromatic nitrogens is 2. The molecular formula is C31H32N3O2+. The number of carbonyl (C=O) groups excluding carboxylic acids is 2. The number of nitrogens with two attached hydrogens (primary N) is 1. The molecule has 1 heterocycles. The van der Waals surface area contributed by atoms with Crippen molar-refractivity contribution >= 4 is 11.7 Å². The Balaban J connectivity index is 1.45. The summed E-state index contributed by atoms with van der Waals surface area (Å²) in [5.41, 5.74) is 7.98. The van der Waals surface area contributed by atoms with E-state index in [9.17, 15) is 9.59 Å². The first-order valence-electron chi connectivity index (χ1n) is 12.6. The maximum atomic E-state index is 13.4. The Kier molecular flexibility index (Phi) is 6.55. The number of hydrogen-bond donors (Lipinski definition) is 1. The Morgan fingerprint density at radius 2 is 1.44 bits per heavy atom. The summed E-state index contributed by atoms with van der Waals surface area (Å²) < 4.78 is 4.28. The maximum absolute atomic E-state index is 13.4. The zero-order chi connectivity index (χ0) is 25.1. The van der Waals surface area contributed by atoms with Crippen molar-refractivity contribution in [2.45, 2.75) is 44.2 Å². The van der Waals surface area contributed by atoms with E-state index in [1.165, 1.54) is 0 Å². The monoisotopic (exact) mass is 478 g/mol. The van der Waals surface area contributed by atoms with Crippen LogP contribution in [0.25, 0.3) is 0 Å². The molecule has 36 heavy (non-hydrogen) atoms. The topological polar surface area (TPSA) is 69.0 Å². The van der Waals surface area contributed by atoms with Crippen LogP contribution in [-0.2, 0) is 16.8 Å². The molecule has 0 spiro atoms. The second-order valence-corrected chi connectivity index (χ2v) is 9.74. The first kappa shape index (κ1) is 23.7. The van der Waals surface area contributed by atoms with Gasteiger partial charge in [0.25, 0.3) is 5.82 Å². The molecule has 1 aliphatic rings. The molecule has 2 atom stereocenters. The third-order valence-electron chi connectivity index (χ3n) is 7.86. The highest BCUT2D eigenvalue weighted by Crippen LogP contribution is 2.49. The van der Waals surface area contributed by atoms with Gasteiger partial charge in [-0.3, -0.25) is 9.59 Å². The number of imidazole rings is 1. The van der Waals surface area contributed by atoms with Gasteiger partial charge in [0.05, 0.1) is 0 Å². The molecule has 5 rings (SSSR count). The van der Waals surface area contributed by atoms with Gasteiger partial charge in [0.2, 0.25) is 11.7 Å². The van der Waals surface area contributed by atoms with Crippen molar-refractivity contribution < 1.29 is 14.2 Å². The molecule has 1 aromatic heterocycles. The summed E-state index contributed by atoms with van der Waals surface area (Å²) in [5, 5.41) is 0. The number of ketones is 1. The van der Waals surface area contributed by atoms with Crippen LogP contribution >= 0.6 is 0 Å². The molecule has 1 fully saturated rings. The van der Waals surface area contributed by atoms with Gasteiger partial charge in [-0.15, -0.1) is 0 Å². The number of amides is 1. The van der Waals surface area contributed by atoms with E-state index in [-0.39, 0.29) is 23.7 Å². The van der Waals surface area contributed by atoms with Gasteiger partial charge in [-0.2, -0.15) is 0 Å². The molecule has 0 saturated heterocycles.